The Morgan fingerprint density at radius 1 is 1.00 bits per heavy atom. The van der Waals surface area contributed by atoms with Crippen LogP contribution in [0, 0.1) is 6.92 Å². The Balaban J connectivity index is 0.00000162. The highest BCUT2D eigenvalue weighted by molar-refractivity contribution is 5.85. The summed E-state index contributed by atoms with van der Waals surface area (Å²) in [4.78, 5) is 4.46. The molecular formula is C15H19ClN2. The zero-order chi connectivity index (χ0) is 11.9. The standard InChI is InChI=1S/C15H18N2.ClH/c1-13-6-5-9-15(17-13)12-16-11-10-14-7-3-2-4-8-14;/h2-9,16H,10-12H2,1H3;1H. The van der Waals surface area contributed by atoms with Crippen LogP contribution < -0.4 is 5.32 Å². The molecule has 0 amide bonds. The summed E-state index contributed by atoms with van der Waals surface area (Å²) in [6, 6.07) is 16.7. The molecular weight excluding hydrogens is 244 g/mol. The van der Waals surface area contributed by atoms with Crippen molar-refractivity contribution in [3.8, 4) is 0 Å². The number of nitrogens with one attached hydrogen (secondary N) is 1. The van der Waals surface area contributed by atoms with Gasteiger partial charge in [-0.05, 0) is 37.6 Å². The summed E-state index contributed by atoms with van der Waals surface area (Å²) in [5, 5.41) is 3.41. The topological polar surface area (TPSA) is 24.9 Å². The zero-order valence-electron chi connectivity index (χ0n) is 10.6. The third kappa shape index (κ3) is 4.86. The Morgan fingerprint density at radius 2 is 1.78 bits per heavy atom. The molecule has 0 atom stereocenters. The van der Waals surface area contributed by atoms with Gasteiger partial charge >= 0.3 is 0 Å². The molecule has 1 heterocycles. The van der Waals surface area contributed by atoms with Crippen LogP contribution in [-0.4, -0.2) is 11.5 Å². The van der Waals surface area contributed by atoms with Gasteiger partial charge in [-0.25, -0.2) is 0 Å². The fraction of sp³-hybridized carbons (Fsp3) is 0.267. The second kappa shape index (κ2) is 7.85. The van der Waals surface area contributed by atoms with E-state index in [2.05, 4.69) is 46.7 Å². The van der Waals surface area contributed by atoms with Crippen LogP contribution in [-0.2, 0) is 13.0 Å². The van der Waals surface area contributed by atoms with E-state index >= 15 is 0 Å². The van der Waals surface area contributed by atoms with E-state index < -0.39 is 0 Å². The minimum Gasteiger partial charge on any atom is -0.311 e. The maximum Gasteiger partial charge on any atom is 0.0544 e. The van der Waals surface area contributed by atoms with E-state index in [0.717, 1.165) is 30.9 Å². The monoisotopic (exact) mass is 262 g/mol. The molecule has 0 saturated carbocycles. The van der Waals surface area contributed by atoms with E-state index in [0.29, 0.717) is 0 Å². The molecule has 2 nitrogen and oxygen atoms in total. The molecule has 0 saturated heterocycles. The van der Waals surface area contributed by atoms with Crippen LogP contribution in [0.5, 0.6) is 0 Å². The number of nitrogens with zero attached hydrogens (tertiary/aromatic N) is 1. The van der Waals surface area contributed by atoms with Crippen LogP contribution in [0.2, 0.25) is 0 Å². The molecule has 1 aromatic heterocycles. The fourth-order valence-corrected chi connectivity index (χ4v) is 1.79. The van der Waals surface area contributed by atoms with Crippen LogP contribution in [0.15, 0.2) is 48.5 Å². The van der Waals surface area contributed by atoms with Gasteiger partial charge < -0.3 is 5.32 Å². The largest absolute Gasteiger partial charge is 0.311 e. The number of hydrogen-bond acceptors (Lipinski definition) is 2. The molecule has 1 aromatic carbocycles. The van der Waals surface area contributed by atoms with Gasteiger partial charge in [0.25, 0.3) is 0 Å². The van der Waals surface area contributed by atoms with Crippen molar-refractivity contribution in [2.24, 2.45) is 0 Å². The van der Waals surface area contributed by atoms with Crippen LogP contribution in [0.1, 0.15) is 17.0 Å². The fourth-order valence-electron chi connectivity index (χ4n) is 1.79. The third-order valence-electron chi connectivity index (χ3n) is 2.69. The van der Waals surface area contributed by atoms with Gasteiger partial charge in [0.05, 0.1) is 5.69 Å². The molecule has 0 aliphatic heterocycles. The number of aryl methyl sites for hydroxylation is 1. The summed E-state index contributed by atoms with van der Waals surface area (Å²) in [7, 11) is 0. The third-order valence-corrected chi connectivity index (χ3v) is 2.69. The highest BCUT2D eigenvalue weighted by Crippen LogP contribution is 2.00. The van der Waals surface area contributed by atoms with Gasteiger partial charge in [-0.2, -0.15) is 0 Å². The predicted octanol–water partition coefficient (Wildman–Crippen LogP) is 3.14. The SMILES string of the molecule is Cc1cccc(CNCCc2ccccc2)n1.Cl. The number of pyridine rings is 1. The molecule has 0 bridgehead atoms. The molecule has 0 spiro atoms. The number of rotatable bonds is 5. The lowest BCUT2D eigenvalue weighted by atomic mass is 10.1. The van der Waals surface area contributed by atoms with Gasteiger partial charge in [0, 0.05) is 12.2 Å². The number of benzene rings is 1. The van der Waals surface area contributed by atoms with Crippen LogP contribution in [0.4, 0.5) is 0 Å². The Bertz CT molecular complexity index is 457. The van der Waals surface area contributed by atoms with Gasteiger partial charge in [-0.3, -0.25) is 4.98 Å². The van der Waals surface area contributed by atoms with Gasteiger partial charge in [-0.15, -0.1) is 12.4 Å². The second-order valence-electron chi connectivity index (χ2n) is 4.18. The Kier molecular flexibility index (Phi) is 6.40. The van der Waals surface area contributed by atoms with Crippen LogP contribution in [0.3, 0.4) is 0 Å². The quantitative estimate of drug-likeness (QED) is 0.838. The van der Waals surface area contributed by atoms with Crippen molar-refractivity contribution in [2.75, 3.05) is 6.54 Å². The van der Waals surface area contributed by atoms with Gasteiger partial charge in [-0.1, -0.05) is 36.4 Å². The lowest BCUT2D eigenvalue weighted by molar-refractivity contribution is 0.673. The van der Waals surface area contributed by atoms with Crippen molar-refractivity contribution < 1.29 is 0 Å². The molecule has 0 fully saturated rings. The molecule has 3 heteroatoms. The first-order valence-electron chi connectivity index (χ1n) is 6.02. The molecule has 1 N–H and O–H groups in total. The highest BCUT2D eigenvalue weighted by atomic mass is 35.5. The average molecular weight is 263 g/mol. The average Bonchev–Trinajstić information content (AvgIpc) is 2.36. The van der Waals surface area contributed by atoms with Crippen molar-refractivity contribution in [2.45, 2.75) is 19.9 Å². The predicted molar refractivity (Wildman–Crippen MR) is 78.1 cm³/mol. The summed E-state index contributed by atoms with van der Waals surface area (Å²) in [6.07, 6.45) is 1.06. The molecule has 0 radical (unpaired) electrons. The highest BCUT2D eigenvalue weighted by Gasteiger charge is 1.95. The smallest absolute Gasteiger partial charge is 0.0544 e. The lowest BCUT2D eigenvalue weighted by Gasteiger charge is -2.05. The van der Waals surface area contributed by atoms with E-state index in [1.165, 1.54) is 5.56 Å². The van der Waals surface area contributed by atoms with Gasteiger partial charge in [0.1, 0.15) is 0 Å². The zero-order valence-corrected chi connectivity index (χ0v) is 11.4. The molecule has 0 unspecified atom stereocenters. The lowest BCUT2D eigenvalue weighted by Crippen LogP contribution is -2.17. The van der Waals surface area contributed by atoms with Gasteiger partial charge in [0.15, 0.2) is 0 Å². The van der Waals surface area contributed by atoms with E-state index in [9.17, 15) is 0 Å². The summed E-state index contributed by atoms with van der Waals surface area (Å²) < 4.78 is 0. The first kappa shape index (κ1) is 14.7. The Hall–Kier alpha value is -1.38. The van der Waals surface area contributed by atoms with Crippen molar-refractivity contribution in [1.29, 1.82) is 0 Å². The van der Waals surface area contributed by atoms with Crippen LogP contribution in [0.25, 0.3) is 0 Å². The summed E-state index contributed by atoms with van der Waals surface area (Å²) in [5.41, 5.74) is 3.56. The molecule has 18 heavy (non-hydrogen) atoms. The normalized spacial score (nSPS) is 9.83. The second-order valence-corrected chi connectivity index (χ2v) is 4.18. The van der Waals surface area contributed by atoms with Crippen molar-refractivity contribution in [1.82, 2.24) is 10.3 Å². The minimum absolute atomic E-state index is 0. The first-order valence-corrected chi connectivity index (χ1v) is 6.02. The Labute approximate surface area is 115 Å². The van der Waals surface area contributed by atoms with Gasteiger partial charge in [0.2, 0.25) is 0 Å². The molecule has 2 rings (SSSR count). The van der Waals surface area contributed by atoms with E-state index in [1.54, 1.807) is 0 Å². The Morgan fingerprint density at radius 3 is 2.50 bits per heavy atom. The maximum atomic E-state index is 4.46. The number of aromatic nitrogens is 1. The van der Waals surface area contributed by atoms with Crippen molar-refractivity contribution in [3.63, 3.8) is 0 Å². The molecule has 0 aliphatic carbocycles. The summed E-state index contributed by atoms with van der Waals surface area (Å²) in [6.45, 7) is 3.85. The molecule has 0 aliphatic rings. The minimum atomic E-state index is 0. The van der Waals surface area contributed by atoms with E-state index in [-0.39, 0.29) is 12.4 Å². The number of halogens is 1. The van der Waals surface area contributed by atoms with Crippen LogP contribution >= 0.6 is 12.4 Å². The molecule has 96 valence electrons. The number of hydrogen-bond donors (Lipinski definition) is 1. The summed E-state index contributed by atoms with van der Waals surface area (Å²) in [5.74, 6) is 0. The maximum absolute atomic E-state index is 4.46. The first-order chi connectivity index (χ1) is 8.34. The molecule has 2 aromatic rings. The van der Waals surface area contributed by atoms with Crippen molar-refractivity contribution in [3.05, 3.63) is 65.5 Å². The van der Waals surface area contributed by atoms with Crippen molar-refractivity contribution >= 4 is 12.4 Å². The summed E-state index contributed by atoms with van der Waals surface area (Å²) >= 11 is 0. The van der Waals surface area contributed by atoms with E-state index in [1.807, 2.05) is 19.1 Å². The van der Waals surface area contributed by atoms with E-state index in [4.69, 9.17) is 0 Å².